The number of halogens is 1. The third-order valence-corrected chi connectivity index (χ3v) is 2.73. The van der Waals surface area contributed by atoms with Crippen LogP contribution in [0.5, 0.6) is 0 Å². The summed E-state index contributed by atoms with van der Waals surface area (Å²) in [6.45, 7) is -0.322. The van der Waals surface area contributed by atoms with E-state index in [4.69, 9.17) is 21.4 Å². The minimum Gasteiger partial charge on any atom is -0.394 e. The summed E-state index contributed by atoms with van der Waals surface area (Å²) in [7, 11) is 0. The largest absolute Gasteiger partial charge is 0.394 e. The van der Waals surface area contributed by atoms with Crippen LogP contribution in [-0.4, -0.2) is 76.1 Å². The molecule has 6 N–H and O–H groups in total. The Morgan fingerprint density at radius 3 is 2.44 bits per heavy atom. The molecule has 0 saturated carbocycles. The summed E-state index contributed by atoms with van der Waals surface area (Å²) in [6.07, 6.45) is -6.75. The molecule has 1 rings (SSSR count). The fourth-order valence-electron chi connectivity index (χ4n) is 1.56. The lowest BCUT2D eigenvalue weighted by atomic mass is 9.98. The number of carbonyl (C=O) groups excluding carboxylic acids is 1. The smallest absolute Gasteiger partial charge is 0.316 e. The Bertz CT molecular complexity index is 280. The number of aliphatic hydroxyl groups excluding tert-OH is 4. The number of carbonyl (C=O) groups is 1. The zero-order chi connectivity index (χ0) is 13.7. The highest BCUT2D eigenvalue weighted by Gasteiger charge is 2.43. The van der Waals surface area contributed by atoms with Gasteiger partial charge < -0.3 is 35.8 Å². The Balaban J connectivity index is 2.56. The number of aliphatic hydroxyl groups is 4. The van der Waals surface area contributed by atoms with Crippen molar-refractivity contribution in [2.24, 2.45) is 0 Å². The van der Waals surface area contributed by atoms with Crippen LogP contribution in [0.2, 0.25) is 0 Å². The van der Waals surface area contributed by atoms with Gasteiger partial charge in [0.1, 0.15) is 24.4 Å². The van der Waals surface area contributed by atoms with Gasteiger partial charge in [0.15, 0.2) is 6.23 Å². The van der Waals surface area contributed by atoms with Crippen LogP contribution < -0.4 is 10.6 Å². The minimum absolute atomic E-state index is 0.224. The van der Waals surface area contributed by atoms with Gasteiger partial charge in [-0.05, 0) is 0 Å². The fraction of sp³-hybridized carbons (Fsp3) is 0.889. The van der Waals surface area contributed by atoms with E-state index in [1.807, 2.05) is 0 Å². The van der Waals surface area contributed by atoms with E-state index in [1.54, 1.807) is 0 Å². The van der Waals surface area contributed by atoms with E-state index in [0.717, 1.165) is 0 Å². The molecule has 1 heterocycles. The quantitative estimate of drug-likeness (QED) is 0.312. The van der Waals surface area contributed by atoms with Gasteiger partial charge in [-0.1, -0.05) is 0 Å². The van der Waals surface area contributed by atoms with E-state index in [-0.39, 0.29) is 12.4 Å². The Hall–Kier alpha value is -0.640. The van der Waals surface area contributed by atoms with Gasteiger partial charge in [0.2, 0.25) is 0 Å². The number of amides is 2. The number of hydrogen-bond donors (Lipinski definition) is 6. The SMILES string of the molecule is O=C(NCCCl)N[C@@H]1O[C@@H](CO)[C@@H](O)[C@@H](O)[C@H]1O. The number of alkyl halides is 1. The standard InChI is InChI=1S/C9H17ClN2O6/c10-1-2-11-9(17)12-8-7(16)6(15)5(14)4(3-13)18-8/h4-8,13-16H,1-3H2,(H2,11,12,17)/t4-,5+,6+,7+,8+/m0/s1. The summed E-state index contributed by atoms with van der Waals surface area (Å²) in [5.41, 5.74) is 0. The third-order valence-electron chi connectivity index (χ3n) is 2.55. The normalized spacial score (nSPS) is 36.2. The minimum atomic E-state index is -1.52. The molecule has 0 aromatic rings. The summed E-state index contributed by atoms with van der Waals surface area (Å²) in [4.78, 5) is 11.3. The molecule has 5 atom stereocenters. The van der Waals surface area contributed by atoms with Crippen molar-refractivity contribution < 1.29 is 30.0 Å². The summed E-state index contributed by atoms with van der Waals surface area (Å²) < 4.78 is 5.07. The summed E-state index contributed by atoms with van der Waals surface area (Å²) in [5, 5.41) is 42.2. The molecule has 0 bridgehead atoms. The van der Waals surface area contributed by atoms with Gasteiger partial charge in [0.25, 0.3) is 0 Å². The predicted octanol–water partition coefficient (Wildman–Crippen LogP) is -2.68. The number of urea groups is 1. The van der Waals surface area contributed by atoms with Gasteiger partial charge in [-0.25, -0.2) is 4.79 Å². The molecule has 0 radical (unpaired) electrons. The molecule has 1 aliphatic rings. The molecule has 0 aromatic carbocycles. The van der Waals surface area contributed by atoms with Crippen molar-refractivity contribution in [2.45, 2.75) is 30.6 Å². The summed E-state index contributed by atoms with van der Waals surface area (Å²) in [6, 6.07) is -0.639. The van der Waals surface area contributed by atoms with E-state index >= 15 is 0 Å². The topological polar surface area (TPSA) is 131 Å². The maximum Gasteiger partial charge on any atom is 0.316 e. The third kappa shape index (κ3) is 3.67. The lowest BCUT2D eigenvalue weighted by Crippen LogP contribution is -2.64. The number of hydrogen-bond acceptors (Lipinski definition) is 6. The summed E-state index contributed by atoms with van der Waals surface area (Å²) in [5.74, 6) is 0.224. The highest BCUT2D eigenvalue weighted by atomic mass is 35.5. The van der Waals surface area contributed by atoms with Gasteiger partial charge in [-0.2, -0.15) is 0 Å². The molecular weight excluding hydrogens is 268 g/mol. The average molecular weight is 285 g/mol. The molecule has 1 aliphatic heterocycles. The van der Waals surface area contributed by atoms with Gasteiger partial charge in [0.05, 0.1) is 6.61 Å². The van der Waals surface area contributed by atoms with Gasteiger partial charge in [-0.3, -0.25) is 0 Å². The van der Waals surface area contributed by atoms with Crippen LogP contribution >= 0.6 is 11.6 Å². The first-order chi connectivity index (χ1) is 8.51. The van der Waals surface area contributed by atoms with Crippen molar-refractivity contribution in [2.75, 3.05) is 19.0 Å². The lowest BCUT2D eigenvalue weighted by molar-refractivity contribution is -0.233. The Kier molecular flexibility index (Phi) is 6.06. The first-order valence-electron chi connectivity index (χ1n) is 5.42. The molecule has 1 saturated heterocycles. The van der Waals surface area contributed by atoms with Crippen LogP contribution in [0.25, 0.3) is 0 Å². The zero-order valence-corrected chi connectivity index (χ0v) is 10.2. The average Bonchev–Trinajstić information content (AvgIpc) is 2.37. The maximum atomic E-state index is 11.3. The van der Waals surface area contributed by atoms with Crippen molar-refractivity contribution in [1.29, 1.82) is 0 Å². The van der Waals surface area contributed by atoms with Crippen LogP contribution in [0.3, 0.4) is 0 Å². The molecule has 1 fully saturated rings. The molecule has 18 heavy (non-hydrogen) atoms. The van der Waals surface area contributed by atoms with Crippen molar-refractivity contribution in [3.05, 3.63) is 0 Å². The molecule has 0 spiro atoms. The van der Waals surface area contributed by atoms with Crippen LogP contribution in [0.15, 0.2) is 0 Å². The van der Waals surface area contributed by atoms with E-state index in [1.165, 1.54) is 0 Å². The molecular formula is C9H17ClN2O6. The molecule has 2 amide bonds. The molecule has 0 aliphatic carbocycles. The Labute approximate surface area is 109 Å². The monoisotopic (exact) mass is 284 g/mol. The fourth-order valence-corrected chi connectivity index (χ4v) is 1.66. The van der Waals surface area contributed by atoms with Gasteiger partial charge in [-0.15, -0.1) is 11.6 Å². The van der Waals surface area contributed by atoms with E-state index in [2.05, 4.69) is 10.6 Å². The van der Waals surface area contributed by atoms with E-state index in [0.29, 0.717) is 0 Å². The van der Waals surface area contributed by atoms with Crippen LogP contribution in [0.4, 0.5) is 4.79 Å². The first kappa shape index (κ1) is 15.4. The van der Waals surface area contributed by atoms with Crippen molar-refractivity contribution in [1.82, 2.24) is 10.6 Å². The van der Waals surface area contributed by atoms with Crippen molar-refractivity contribution >= 4 is 17.6 Å². The van der Waals surface area contributed by atoms with E-state index in [9.17, 15) is 20.1 Å². The van der Waals surface area contributed by atoms with Crippen LogP contribution in [0, 0.1) is 0 Å². The molecule has 8 nitrogen and oxygen atoms in total. The highest BCUT2D eigenvalue weighted by Crippen LogP contribution is 2.19. The van der Waals surface area contributed by atoms with Crippen LogP contribution in [0.1, 0.15) is 0 Å². The highest BCUT2D eigenvalue weighted by molar-refractivity contribution is 6.18. The van der Waals surface area contributed by atoms with Crippen LogP contribution in [-0.2, 0) is 4.74 Å². The number of nitrogens with one attached hydrogen (secondary N) is 2. The molecule has 0 unspecified atom stereocenters. The Morgan fingerprint density at radius 2 is 1.89 bits per heavy atom. The zero-order valence-electron chi connectivity index (χ0n) is 9.49. The lowest BCUT2D eigenvalue weighted by Gasteiger charge is -2.40. The second kappa shape index (κ2) is 7.07. The molecule has 9 heteroatoms. The van der Waals surface area contributed by atoms with Crippen molar-refractivity contribution in [3.63, 3.8) is 0 Å². The maximum absolute atomic E-state index is 11.3. The van der Waals surface area contributed by atoms with E-state index < -0.39 is 43.3 Å². The number of ether oxygens (including phenoxy) is 1. The summed E-state index contributed by atoms with van der Waals surface area (Å²) >= 11 is 5.38. The van der Waals surface area contributed by atoms with Crippen molar-refractivity contribution in [3.8, 4) is 0 Å². The molecule has 106 valence electrons. The second-order valence-electron chi connectivity index (χ2n) is 3.84. The first-order valence-corrected chi connectivity index (χ1v) is 5.95. The Morgan fingerprint density at radius 1 is 1.22 bits per heavy atom. The van der Waals surface area contributed by atoms with Gasteiger partial charge >= 0.3 is 6.03 Å². The molecule has 0 aromatic heterocycles. The predicted molar refractivity (Wildman–Crippen MR) is 61.0 cm³/mol. The second-order valence-corrected chi connectivity index (χ2v) is 4.22. The number of rotatable bonds is 4. The van der Waals surface area contributed by atoms with Gasteiger partial charge in [0, 0.05) is 12.4 Å².